The zero-order valence-corrected chi connectivity index (χ0v) is 11.4. The zero-order chi connectivity index (χ0) is 14.1. The lowest BCUT2D eigenvalue weighted by molar-refractivity contribution is 0.149. The minimum absolute atomic E-state index is 0.306. The van der Waals surface area contributed by atoms with Gasteiger partial charge in [0.05, 0.1) is 12.2 Å². The molecule has 0 aromatic heterocycles. The summed E-state index contributed by atoms with van der Waals surface area (Å²) >= 11 is 6.09. The molecule has 20 heavy (non-hydrogen) atoms. The maximum absolute atomic E-state index is 6.09. The van der Waals surface area contributed by atoms with E-state index in [1.54, 1.807) is 4.90 Å². The minimum Gasteiger partial charge on any atom is -0.347 e. The van der Waals surface area contributed by atoms with Gasteiger partial charge in [-0.1, -0.05) is 28.7 Å². The number of hydroxylamine groups is 1. The summed E-state index contributed by atoms with van der Waals surface area (Å²) in [5.41, 5.74) is 7.04. The van der Waals surface area contributed by atoms with Crippen molar-refractivity contribution in [1.82, 2.24) is 16.0 Å². The molecule has 1 unspecified atom stereocenters. The van der Waals surface area contributed by atoms with Crippen LogP contribution in [0.1, 0.15) is 5.56 Å². The summed E-state index contributed by atoms with van der Waals surface area (Å²) in [6, 6.07) is 5.85. The second kappa shape index (κ2) is 5.19. The Kier molecular flexibility index (Phi) is 3.38. The monoisotopic (exact) mass is 293 g/mol. The molecular weight excluding hydrogens is 282 g/mol. The number of hydrogen-bond donors (Lipinski definition) is 2. The normalized spacial score (nSPS) is 20.1. The van der Waals surface area contributed by atoms with Crippen LogP contribution in [0.3, 0.4) is 0 Å². The number of hydrazone groups is 1. The van der Waals surface area contributed by atoms with Gasteiger partial charge in [-0.05, 0) is 30.2 Å². The SMILES string of the molecule is C#CCN(C1=NN(c2cccc(Cl)c2C)NO1)C1NO1. The number of rotatable bonds is 3. The van der Waals surface area contributed by atoms with Gasteiger partial charge in [0.25, 0.3) is 0 Å². The number of hydrazine groups is 1. The average molecular weight is 294 g/mol. The van der Waals surface area contributed by atoms with Crippen LogP contribution in [-0.4, -0.2) is 23.8 Å². The summed E-state index contributed by atoms with van der Waals surface area (Å²) in [6.07, 6.45) is 5.00. The van der Waals surface area contributed by atoms with E-state index >= 15 is 0 Å². The maximum Gasteiger partial charge on any atom is 0.336 e. The van der Waals surface area contributed by atoms with Crippen molar-refractivity contribution in [3.05, 3.63) is 28.8 Å². The van der Waals surface area contributed by atoms with Gasteiger partial charge in [0.1, 0.15) is 0 Å². The van der Waals surface area contributed by atoms with Gasteiger partial charge in [-0.25, -0.2) is 0 Å². The Bertz CT molecular complexity index is 596. The van der Waals surface area contributed by atoms with Crippen LogP contribution >= 0.6 is 11.6 Å². The number of benzene rings is 1. The molecule has 2 aliphatic rings. The number of terminal acetylenes is 1. The first kappa shape index (κ1) is 13.0. The number of nitrogens with zero attached hydrogens (tertiary/aromatic N) is 3. The van der Waals surface area contributed by atoms with Crippen LogP contribution in [0, 0.1) is 19.3 Å². The highest BCUT2D eigenvalue weighted by Gasteiger charge is 2.36. The number of hydrogen-bond acceptors (Lipinski definition) is 7. The molecular formula is C12H12ClN5O2. The van der Waals surface area contributed by atoms with E-state index in [-0.39, 0.29) is 6.35 Å². The van der Waals surface area contributed by atoms with Crippen LogP contribution in [0.4, 0.5) is 5.69 Å². The number of halogens is 1. The average Bonchev–Trinajstić information content (AvgIpc) is 3.17. The Hall–Kier alpha value is -1.98. The van der Waals surface area contributed by atoms with Crippen LogP contribution in [-0.2, 0) is 9.68 Å². The van der Waals surface area contributed by atoms with Gasteiger partial charge >= 0.3 is 6.02 Å². The van der Waals surface area contributed by atoms with Crippen LogP contribution < -0.4 is 16.2 Å². The van der Waals surface area contributed by atoms with Gasteiger partial charge in [-0.3, -0.25) is 9.74 Å². The first-order valence-corrected chi connectivity index (χ1v) is 6.26. The predicted octanol–water partition coefficient (Wildman–Crippen LogP) is 0.929. The smallest absolute Gasteiger partial charge is 0.336 e. The molecule has 8 heteroatoms. The van der Waals surface area contributed by atoms with E-state index in [2.05, 4.69) is 22.1 Å². The fraction of sp³-hybridized carbons (Fsp3) is 0.250. The van der Waals surface area contributed by atoms with Crippen LogP contribution in [0.15, 0.2) is 23.3 Å². The molecule has 0 saturated carbocycles. The van der Waals surface area contributed by atoms with Crippen LogP contribution in [0.2, 0.25) is 5.02 Å². The third-order valence-electron chi connectivity index (χ3n) is 2.89. The number of anilines is 1. The highest BCUT2D eigenvalue weighted by Crippen LogP contribution is 2.27. The van der Waals surface area contributed by atoms with Gasteiger partial charge < -0.3 is 4.84 Å². The third-order valence-corrected chi connectivity index (χ3v) is 3.30. The number of nitrogens with one attached hydrogen (secondary N) is 2. The van der Waals surface area contributed by atoms with Gasteiger partial charge in [0, 0.05) is 5.02 Å². The van der Waals surface area contributed by atoms with Crippen molar-refractivity contribution < 1.29 is 9.68 Å². The Labute approximate surface area is 121 Å². The third kappa shape index (κ3) is 2.37. The van der Waals surface area contributed by atoms with Crippen molar-refractivity contribution in [2.75, 3.05) is 11.7 Å². The standard InChI is InChI=1S/C12H12ClN5O2/c1-3-7-17(12-15-19-12)11-14-18(16-20-11)10-6-4-5-9(13)8(10)2/h1,4-6,12,15-16H,7H2,2H3. The van der Waals surface area contributed by atoms with E-state index in [0.29, 0.717) is 17.6 Å². The Morgan fingerprint density at radius 2 is 2.40 bits per heavy atom. The Morgan fingerprint density at radius 3 is 3.10 bits per heavy atom. The summed E-state index contributed by atoms with van der Waals surface area (Å²) in [7, 11) is 0. The quantitative estimate of drug-likeness (QED) is 0.638. The van der Waals surface area contributed by atoms with Crippen molar-refractivity contribution in [2.24, 2.45) is 5.10 Å². The molecule has 0 spiro atoms. The molecule has 7 nitrogen and oxygen atoms in total. The van der Waals surface area contributed by atoms with Crippen molar-refractivity contribution in [1.29, 1.82) is 0 Å². The van der Waals surface area contributed by atoms with E-state index < -0.39 is 0 Å². The molecule has 1 aromatic carbocycles. The van der Waals surface area contributed by atoms with Crippen LogP contribution in [0.25, 0.3) is 0 Å². The predicted molar refractivity (Wildman–Crippen MR) is 73.9 cm³/mol. The van der Waals surface area contributed by atoms with Gasteiger partial charge in [-0.15, -0.1) is 11.9 Å². The summed E-state index contributed by atoms with van der Waals surface area (Å²) < 4.78 is 0. The lowest BCUT2D eigenvalue weighted by atomic mass is 10.2. The van der Waals surface area contributed by atoms with Gasteiger partial charge in [0.2, 0.25) is 6.35 Å². The summed E-state index contributed by atoms with van der Waals surface area (Å²) in [4.78, 5) is 12.0. The van der Waals surface area contributed by atoms with Crippen LogP contribution in [0.5, 0.6) is 0 Å². The van der Waals surface area contributed by atoms with Gasteiger partial charge in [0.15, 0.2) is 0 Å². The molecule has 2 aliphatic heterocycles. The Morgan fingerprint density at radius 1 is 1.60 bits per heavy atom. The molecule has 2 heterocycles. The maximum atomic E-state index is 6.09. The molecule has 104 valence electrons. The summed E-state index contributed by atoms with van der Waals surface area (Å²) in [5, 5.41) is 6.45. The highest BCUT2D eigenvalue weighted by molar-refractivity contribution is 6.31. The van der Waals surface area contributed by atoms with E-state index in [4.69, 9.17) is 27.7 Å². The van der Waals surface area contributed by atoms with Crippen molar-refractivity contribution in [2.45, 2.75) is 13.3 Å². The fourth-order valence-corrected chi connectivity index (χ4v) is 1.93. The first-order valence-electron chi connectivity index (χ1n) is 5.88. The van der Waals surface area contributed by atoms with E-state index in [9.17, 15) is 0 Å². The molecule has 0 amide bonds. The van der Waals surface area contributed by atoms with Crippen molar-refractivity contribution in [3.8, 4) is 12.3 Å². The minimum atomic E-state index is -0.313. The second-order valence-corrected chi connectivity index (χ2v) is 4.60. The van der Waals surface area contributed by atoms with Gasteiger partial charge in [-0.2, -0.15) is 5.12 Å². The zero-order valence-electron chi connectivity index (χ0n) is 10.6. The largest absolute Gasteiger partial charge is 0.347 e. The van der Waals surface area contributed by atoms with E-state index in [1.807, 2.05) is 25.1 Å². The lowest BCUT2D eigenvalue weighted by Crippen LogP contribution is -2.37. The molecule has 0 radical (unpaired) electrons. The lowest BCUT2D eigenvalue weighted by Gasteiger charge is -2.14. The van der Waals surface area contributed by atoms with Crippen molar-refractivity contribution >= 4 is 23.3 Å². The molecule has 0 aliphatic carbocycles. The molecule has 3 rings (SSSR count). The Balaban J connectivity index is 1.83. The summed E-state index contributed by atoms with van der Waals surface area (Å²) in [6.45, 7) is 2.21. The molecule has 1 atom stereocenters. The molecule has 1 fully saturated rings. The fourth-order valence-electron chi connectivity index (χ4n) is 1.76. The van der Waals surface area contributed by atoms with E-state index in [1.165, 1.54) is 5.12 Å². The van der Waals surface area contributed by atoms with Crippen molar-refractivity contribution in [3.63, 3.8) is 0 Å². The topological polar surface area (TPSA) is 74.6 Å². The summed E-state index contributed by atoms with van der Waals surface area (Å²) in [5.74, 6) is 2.52. The first-order chi connectivity index (χ1) is 9.70. The number of amidine groups is 1. The molecule has 0 bridgehead atoms. The highest BCUT2D eigenvalue weighted by atomic mass is 35.5. The molecule has 2 N–H and O–H groups in total. The van der Waals surface area contributed by atoms with E-state index in [0.717, 1.165) is 11.3 Å². The molecule has 1 aromatic rings. The molecule has 1 saturated heterocycles. The second-order valence-electron chi connectivity index (χ2n) is 4.19.